The van der Waals surface area contributed by atoms with Crippen molar-refractivity contribution in [2.24, 2.45) is 0 Å². The molecule has 0 aliphatic carbocycles. The van der Waals surface area contributed by atoms with Gasteiger partial charge in [0.25, 0.3) is 0 Å². The lowest BCUT2D eigenvalue weighted by atomic mass is 10.1. The summed E-state index contributed by atoms with van der Waals surface area (Å²) in [5.74, 6) is 0.310. The molecule has 0 bridgehead atoms. The summed E-state index contributed by atoms with van der Waals surface area (Å²) in [6, 6.07) is 5.31. The number of hydrogen-bond donors (Lipinski definition) is 0. The molecular formula is C16H22ClNO3. The van der Waals surface area contributed by atoms with Gasteiger partial charge in [0, 0.05) is 18.1 Å². The van der Waals surface area contributed by atoms with Gasteiger partial charge in [0.05, 0.1) is 0 Å². The van der Waals surface area contributed by atoms with Crippen LogP contribution in [0.5, 0.6) is 5.75 Å². The van der Waals surface area contributed by atoms with Crippen LogP contribution >= 0.6 is 11.6 Å². The maximum Gasteiger partial charge on any atom is 0.345 e. The van der Waals surface area contributed by atoms with E-state index < -0.39 is 0 Å². The molecule has 1 unspecified atom stereocenters. The molecule has 1 aliphatic heterocycles. The molecule has 0 amide bonds. The summed E-state index contributed by atoms with van der Waals surface area (Å²) in [5, 5.41) is 0.654. The quantitative estimate of drug-likeness (QED) is 0.781. The fourth-order valence-corrected chi connectivity index (χ4v) is 2.72. The van der Waals surface area contributed by atoms with Crippen LogP contribution in [0.15, 0.2) is 18.2 Å². The van der Waals surface area contributed by atoms with Crippen molar-refractivity contribution >= 4 is 17.6 Å². The second kappa shape index (κ2) is 7.66. The van der Waals surface area contributed by atoms with Crippen LogP contribution in [0, 0.1) is 6.92 Å². The molecule has 0 radical (unpaired) electrons. The monoisotopic (exact) mass is 311 g/mol. The Morgan fingerprint density at radius 3 is 2.71 bits per heavy atom. The molecular weight excluding hydrogens is 290 g/mol. The van der Waals surface area contributed by atoms with Crippen molar-refractivity contribution in [2.45, 2.75) is 39.3 Å². The summed E-state index contributed by atoms with van der Waals surface area (Å²) in [4.78, 5) is 14.0. The van der Waals surface area contributed by atoms with Crippen LogP contribution in [0.1, 0.15) is 31.7 Å². The van der Waals surface area contributed by atoms with Crippen molar-refractivity contribution in [3.05, 3.63) is 28.8 Å². The molecule has 1 aromatic rings. The van der Waals surface area contributed by atoms with Gasteiger partial charge in [-0.2, -0.15) is 0 Å². The lowest BCUT2D eigenvalue weighted by Crippen LogP contribution is -2.40. The van der Waals surface area contributed by atoms with Crippen LogP contribution in [0.2, 0.25) is 5.02 Å². The first-order valence-corrected chi connectivity index (χ1v) is 7.76. The lowest BCUT2D eigenvalue weighted by molar-refractivity contribution is -0.160. The summed E-state index contributed by atoms with van der Waals surface area (Å²) in [6.07, 6.45) is 3.41. The number of rotatable bonds is 5. The highest BCUT2D eigenvalue weighted by molar-refractivity contribution is 6.30. The molecule has 0 spiro atoms. The standard InChI is InChI=1S/C16H22ClNO3/c1-12-10-14(17)6-7-15(12)20-11-16(19)21-13(2)18-8-4-3-5-9-18/h6-7,10,13H,3-5,8-9,11H2,1-2H3. The maximum absolute atomic E-state index is 11.8. The molecule has 1 atom stereocenters. The zero-order valence-corrected chi connectivity index (χ0v) is 13.4. The van der Waals surface area contributed by atoms with Crippen LogP contribution < -0.4 is 4.74 Å². The first kappa shape index (κ1) is 16.1. The van der Waals surface area contributed by atoms with Gasteiger partial charge in [-0.3, -0.25) is 4.90 Å². The molecule has 0 N–H and O–H groups in total. The molecule has 5 heteroatoms. The van der Waals surface area contributed by atoms with Crippen LogP contribution in [0.3, 0.4) is 0 Å². The molecule has 0 aromatic heterocycles. The number of piperidine rings is 1. The van der Waals surface area contributed by atoms with E-state index >= 15 is 0 Å². The predicted molar refractivity (Wildman–Crippen MR) is 82.7 cm³/mol. The van der Waals surface area contributed by atoms with Gasteiger partial charge in [0.15, 0.2) is 12.8 Å². The summed E-state index contributed by atoms with van der Waals surface area (Å²) in [6.45, 7) is 5.71. The Kier molecular flexibility index (Phi) is 5.88. The highest BCUT2D eigenvalue weighted by Gasteiger charge is 2.20. The number of likely N-dealkylation sites (tertiary alicyclic amines) is 1. The third-order valence-electron chi connectivity index (χ3n) is 3.69. The van der Waals surface area contributed by atoms with Gasteiger partial charge in [0.1, 0.15) is 5.75 Å². The minimum absolute atomic E-state index is 0.0827. The Hall–Kier alpha value is -1.26. The molecule has 0 saturated carbocycles. The summed E-state index contributed by atoms with van der Waals surface area (Å²) in [5.41, 5.74) is 0.902. The van der Waals surface area contributed by atoms with Crippen molar-refractivity contribution in [1.82, 2.24) is 4.90 Å². The zero-order chi connectivity index (χ0) is 15.2. The number of benzene rings is 1. The smallest absolute Gasteiger partial charge is 0.345 e. The molecule has 2 rings (SSSR count). The minimum Gasteiger partial charge on any atom is -0.482 e. The summed E-state index contributed by atoms with van der Waals surface area (Å²) >= 11 is 5.88. The number of hydrogen-bond acceptors (Lipinski definition) is 4. The van der Waals surface area contributed by atoms with Gasteiger partial charge in [-0.1, -0.05) is 18.0 Å². The van der Waals surface area contributed by atoms with Crippen LogP contribution in [0.25, 0.3) is 0 Å². The highest BCUT2D eigenvalue weighted by Crippen LogP contribution is 2.21. The minimum atomic E-state index is -0.345. The fraction of sp³-hybridized carbons (Fsp3) is 0.562. The summed E-state index contributed by atoms with van der Waals surface area (Å²) < 4.78 is 10.9. The van der Waals surface area contributed by atoms with Crippen molar-refractivity contribution in [1.29, 1.82) is 0 Å². The van der Waals surface area contributed by atoms with E-state index in [1.807, 2.05) is 13.8 Å². The average Bonchev–Trinajstić information content (AvgIpc) is 2.47. The topological polar surface area (TPSA) is 38.8 Å². The Labute approximate surface area is 131 Å². The number of esters is 1. The number of carbonyl (C=O) groups excluding carboxylic acids is 1. The Morgan fingerprint density at radius 1 is 1.33 bits per heavy atom. The predicted octanol–water partition coefficient (Wildman–Crippen LogP) is 3.40. The van der Waals surface area contributed by atoms with E-state index in [9.17, 15) is 4.79 Å². The second-order valence-corrected chi connectivity index (χ2v) is 5.82. The van der Waals surface area contributed by atoms with Gasteiger partial charge >= 0.3 is 5.97 Å². The normalized spacial score (nSPS) is 17.3. The largest absolute Gasteiger partial charge is 0.482 e. The van der Waals surface area contributed by atoms with Crippen molar-refractivity contribution in [2.75, 3.05) is 19.7 Å². The van der Waals surface area contributed by atoms with Crippen LogP contribution in [0.4, 0.5) is 0 Å². The fourth-order valence-electron chi connectivity index (χ4n) is 2.49. The maximum atomic E-state index is 11.8. The third-order valence-corrected chi connectivity index (χ3v) is 3.92. The molecule has 1 fully saturated rings. The van der Waals surface area contributed by atoms with E-state index in [-0.39, 0.29) is 18.8 Å². The number of nitrogens with zero attached hydrogens (tertiary/aromatic N) is 1. The first-order chi connectivity index (χ1) is 10.1. The Morgan fingerprint density at radius 2 is 2.05 bits per heavy atom. The van der Waals surface area contributed by atoms with Gasteiger partial charge in [-0.05, 0) is 50.5 Å². The Balaban J connectivity index is 1.78. The first-order valence-electron chi connectivity index (χ1n) is 7.39. The van der Waals surface area contributed by atoms with E-state index in [4.69, 9.17) is 21.1 Å². The second-order valence-electron chi connectivity index (χ2n) is 5.38. The SMILES string of the molecule is Cc1cc(Cl)ccc1OCC(=O)OC(C)N1CCCCC1. The highest BCUT2D eigenvalue weighted by atomic mass is 35.5. The van der Waals surface area contributed by atoms with E-state index in [0.29, 0.717) is 10.8 Å². The Bertz CT molecular complexity index is 486. The zero-order valence-electron chi connectivity index (χ0n) is 12.6. The van der Waals surface area contributed by atoms with E-state index in [2.05, 4.69) is 4.90 Å². The molecule has 1 aliphatic rings. The van der Waals surface area contributed by atoms with E-state index in [1.165, 1.54) is 19.3 Å². The summed E-state index contributed by atoms with van der Waals surface area (Å²) in [7, 11) is 0. The van der Waals surface area contributed by atoms with E-state index in [1.54, 1.807) is 18.2 Å². The van der Waals surface area contributed by atoms with Crippen LogP contribution in [-0.4, -0.2) is 36.8 Å². The van der Waals surface area contributed by atoms with Crippen LogP contribution in [-0.2, 0) is 9.53 Å². The number of carbonyl (C=O) groups is 1. The third kappa shape index (κ3) is 4.90. The molecule has 4 nitrogen and oxygen atoms in total. The number of aryl methyl sites for hydroxylation is 1. The molecule has 1 saturated heterocycles. The van der Waals surface area contributed by atoms with Crippen molar-refractivity contribution in [3.63, 3.8) is 0 Å². The molecule has 116 valence electrons. The van der Waals surface area contributed by atoms with E-state index in [0.717, 1.165) is 18.7 Å². The number of halogens is 1. The van der Waals surface area contributed by atoms with Gasteiger partial charge < -0.3 is 9.47 Å². The molecule has 21 heavy (non-hydrogen) atoms. The van der Waals surface area contributed by atoms with Gasteiger partial charge in [0.2, 0.25) is 0 Å². The number of ether oxygens (including phenoxy) is 2. The van der Waals surface area contributed by atoms with Crippen molar-refractivity contribution in [3.8, 4) is 5.75 Å². The van der Waals surface area contributed by atoms with Crippen molar-refractivity contribution < 1.29 is 14.3 Å². The molecule has 1 aromatic carbocycles. The van der Waals surface area contributed by atoms with Gasteiger partial charge in [-0.15, -0.1) is 0 Å². The molecule has 1 heterocycles. The lowest BCUT2D eigenvalue weighted by Gasteiger charge is -2.31. The van der Waals surface area contributed by atoms with Gasteiger partial charge in [-0.25, -0.2) is 4.79 Å². The average molecular weight is 312 g/mol.